The zero-order chi connectivity index (χ0) is 19.1. The normalized spacial score (nSPS) is 18.5. The van der Waals surface area contributed by atoms with Crippen LogP contribution >= 0.6 is 11.3 Å². The number of aryl methyl sites for hydroxylation is 1. The third-order valence-electron chi connectivity index (χ3n) is 5.15. The third kappa shape index (κ3) is 3.24. The summed E-state index contributed by atoms with van der Waals surface area (Å²) >= 11 is 1.63. The molecule has 1 aliphatic heterocycles. The average Bonchev–Trinajstić information content (AvgIpc) is 3.47. The number of benzene rings is 2. The van der Waals surface area contributed by atoms with Gasteiger partial charge >= 0.3 is 0 Å². The minimum atomic E-state index is -0.148. The van der Waals surface area contributed by atoms with E-state index in [4.69, 9.17) is 4.74 Å². The molecular formula is C22H21N3O2S. The molecule has 5 nitrogen and oxygen atoms in total. The highest BCUT2D eigenvalue weighted by atomic mass is 32.1. The van der Waals surface area contributed by atoms with Crippen LogP contribution in [0.15, 0.2) is 53.9 Å². The Bertz CT molecular complexity index is 1010. The predicted molar refractivity (Wildman–Crippen MR) is 110 cm³/mol. The molecule has 3 aromatic rings. The number of carbonyl (C=O) groups is 1. The summed E-state index contributed by atoms with van der Waals surface area (Å²) in [5.41, 5.74) is 3.66. The number of thiazole rings is 1. The van der Waals surface area contributed by atoms with E-state index in [-0.39, 0.29) is 12.1 Å². The predicted octanol–water partition coefficient (Wildman–Crippen LogP) is 4.76. The average molecular weight is 391 g/mol. The zero-order valence-electron chi connectivity index (χ0n) is 15.6. The number of para-hydroxylation sites is 1. The van der Waals surface area contributed by atoms with Crippen LogP contribution in [0, 0.1) is 6.92 Å². The van der Waals surface area contributed by atoms with Crippen LogP contribution in [0.4, 0.5) is 5.69 Å². The number of aromatic nitrogens is 1. The fraction of sp³-hybridized carbons (Fsp3) is 0.273. The Morgan fingerprint density at radius 3 is 2.68 bits per heavy atom. The van der Waals surface area contributed by atoms with Crippen molar-refractivity contribution in [1.29, 1.82) is 0 Å². The van der Waals surface area contributed by atoms with Crippen molar-refractivity contribution >= 4 is 22.9 Å². The first-order chi connectivity index (χ1) is 13.7. The molecule has 0 saturated heterocycles. The molecule has 0 bridgehead atoms. The van der Waals surface area contributed by atoms with Crippen molar-refractivity contribution in [2.45, 2.75) is 38.6 Å². The van der Waals surface area contributed by atoms with Gasteiger partial charge in [0.05, 0.1) is 16.3 Å². The maximum absolute atomic E-state index is 13.1. The van der Waals surface area contributed by atoms with Gasteiger partial charge in [-0.25, -0.2) is 4.98 Å². The molecule has 1 amide bonds. The lowest BCUT2D eigenvalue weighted by molar-refractivity contribution is 0.0666. The highest BCUT2D eigenvalue weighted by Gasteiger charge is 2.41. The van der Waals surface area contributed by atoms with Gasteiger partial charge in [-0.05, 0) is 49.6 Å². The van der Waals surface area contributed by atoms with Gasteiger partial charge < -0.3 is 15.0 Å². The number of nitrogens with zero attached hydrogens (tertiary/aromatic N) is 2. The Balaban J connectivity index is 1.36. The number of anilines is 1. The van der Waals surface area contributed by atoms with Gasteiger partial charge in [0.1, 0.15) is 18.5 Å². The first-order valence-electron chi connectivity index (χ1n) is 9.51. The van der Waals surface area contributed by atoms with E-state index in [1.807, 2.05) is 65.7 Å². The topological polar surface area (TPSA) is 54.5 Å². The SMILES string of the molecule is Cc1nc(COc2ccc([C@@H]3Nc4ccccc4C(=O)N3C3CC3)cc2)cs1. The summed E-state index contributed by atoms with van der Waals surface area (Å²) in [6, 6.07) is 16.1. The fourth-order valence-corrected chi connectivity index (χ4v) is 4.22. The molecule has 1 aromatic heterocycles. The van der Waals surface area contributed by atoms with Crippen molar-refractivity contribution in [3.05, 3.63) is 75.7 Å². The molecule has 5 rings (SSSR count). The van der Waals surface area contributed by atoms with E-state index >= 15 is 0 Å². The minimum Gasteiger partial charge on any atom is -0.487 e. The summed E-state index contributed by atoms with van der Waals surface area (Å²) in [6.45, 7) is 2.45. The summed E-state index contributed by atoms with van der Waals surface area (Å²) in [6.07, 6.45) is 1.99. The van der Waals surface area contributed by atoms with Crippen LogP contribution in [-0.2, 0) is 6.61 Å². The van der Waals surface area contributed by atoms with E-state index < -0.39 is 0 Å². The van der Waals surface area contributed by atoms with E-state index in [0.29, 0.717) is 12.6 Å². The molecule has 2 aliphatic rings. The fourth-order valence-electron chi connectivity index (χ4n) is 3.62. The van der Waals surface area contributed by atoms with Crippen LogP contribution in [0.2, 0.25) is 0 Å². The number of amides is 1. The Hall–Kier alpha value is -2.86. The zero-order valence-corrected chi connectivity index (χ0v) is 16.4. The van der Waals surface area contributed by atoms with Gasteiger partial charge in [0.15, 0.2) is 0 Å². The summed E-state index contributed by atoms with van der Waals surface area (Å²) in [4.78, 5) is 19.5. The monoisotopic (exact) mass is 391 g/mol. The van der Waals surface area contributed by atoms with E-state index in [0.717, 1.165) is 46.1 Å². The standard InChI is InChI=1S/C22H21N3O2S/c1-14-23-16(13-28-14)12-27-18-10-6-15(7-11-18)21-24-20-5-3-2-4-19(20)22(26)25(21)17-8-9-17/h2-7,10-11,13,17,21,24H,8-9,12H2,1H3/t21-/m1/s1. The summed E-state index contributed by atoms with van der Waals surface area (Å²) < 4.78 is 5.85. The Morgan fingerprint density at radius 1 is 1.18 bits per heavy atom. The van der Waals surface area contributed by atoms with Crippen LogP contribution in [0.25, 0.3) is 0 Å². The molecule has 1 fully saturated rings. The number of rotatable bonds is 5. The van der Waals surface area contributed by atoms with Gasteiger partial charge in [-0.1, -0.05) is 24.3 Å². The lowest BCUT2D eigenvalue weighted by atomic mass is 10.0. The van der Waals surface area contributed by atoms with Crippen LogP contribution in [0.3, 0.4) is 0 Å². The molecular weight excluding hydrogens is 370 g/mol. The Morgan fingerprint density at radius 2 is 1.96 bits per heavy atom. The largest absolute Gasteiger partial charge is 0.487 e. The molecule has 1 aliphatic carbocycles. The molecule has 1 saturated carbocycles. The van der Waals surface area contributed by atoms with Gasteiger partial charge in [-0.3, -0.25) is 4.79 Å². The molecule has 2 aromatic carbocycles. The first kappa shape index (κ1) is 17.3. The van der Waals surface area contributed by atoms with E-state index in [2.05, 4.69) is 10.3 Å². The number of hydrogen-bond acceptors (Lipinski definition) is 5. The number of hydrogen-bond donors (Lipinski definition) is 1. The third-order valence-corrected chi connectivity index (χ3v) is 5.97. The molecule has 1 N–H and O–H groups in total. The van der Waals surface area contributed by atoms with Gasteiger partial charge in [0.25, 0.3) is 5.91 Å². The molecule has 0 unspecified atom stereocenters. The minimum absolute atomic E-state index is 0.112. The van der Waals surface area contributed by atoms with Crippen LogP contribution in [-0.4, -0.2) is 21.8 Å². The lowest BCUT2D eigenvalue weighted by Gasteiger charge is -2.38. The van der Waals surface area contributed by atoms with E-state index in [1.165, 1.54) is 0 Å². The highest BCUT2D eigenvalue weighted by molar-refractivity contribution is 7.09. The second-order valence-electron chi connectivity index (χ2n) is 7.25. The van der Waals surface area contributed by atoms with E-state index in [1.54, 1.807) is 11.3 Å². The van der Waals surface area contributed by atoms with Gasteiger partial charge in [0.2, 0.25) is 0 Å². The van der Waals surface area contributed by atoms with Crippen LogP contribution in [0.1, 0.15) is 45.6 Å². The second-order valence-corrected chi connectivity index (χ2v) is 8.31. The maximum atomic E-state index is 13.1. The van der Waals surface area contributed by atoms with Crippen molar-refractivity contribution in [3.8, 4) is 5.75 Å². The number of fused-ring (bicyclic) bond motifs is 1. The molecule has 2 heterocycles. The molecule has 0 radical (unpaired) electrons. The molecule has 6 heteroatoms. The van der Waals surface area contributed by atoms with Crippen molar-refractivity contribution in [3.63, 3.8) is 0 Å². The highest BCUT2D eigenvalue weighted by Crippen LogP contribution is 2.40. The van der Waals surface area contributed by atoms with Crippen molar-refractivity contribution in [1.82, 2.24) is 9.88 Å². The van der Waals surface area contributed by atoms with Gasteiger partial charge in [0, 0.05) is 17.1 Å². The Kier molecular flexibility index (Phi) is 4.28. The molecule has 1 atom stereocenters. The number of nitrogens with one attached hydrogen (secondary N) is 1. The number of carbonyl (C=O) groups excluding carboxylic acids is 1. The smallest absolute Gasteiger partial charge is 0.258 e. The molecule has 0 spiro atoms. The van der Waals surface area contributed by atoms with E-state index in [9.17, 15) is 4.79 Å². The van der Waals surface area contributed by atoms with Gasteiger partial charge in [-0.2, -0.15) is 0 Å². The maximum Gasteiger partial charge on any atom is 0.258 e. The summed E-state index contributed by atoms with van der Waals surface area (Å²) in [5.74, 6) is 0.913. The first-order valence-corrected chi connectivity index (χ1v) is 10.4. The molecule has 28 heavy (non-hydrogen) atoms. The second kappa shape index (κ2) is 6.95. The van der Waals surface area contributed by atoms with Crippen molar-refractivity contribution < 1.29 is 9.53 Å². The Labute approximate surface area is 168 Å². The van der Waals surface area contributed by atoms with Crippen molar-refractivity contribution in [2.75, 3.05) is 5.32 Å². The lowest BCUT2D eigenvalue weighted by Crippen LogP contribution is -2.44. The van der Waals surface area contributed by atoms with Crippen molar-refractivity contribution in [2.24, 2.45) is 0 Å². The quantitative estimate of drug-likeness (QED) is 0.681. The van der Waals surface area contributed by atoms with Crippen LogP contribution in [0.5, 0.6) is 5.75 Å². The number of ether oxygens (including phenoxy) is 1. The molecule has 142 valence electrons. The summed E-state index contributed by atoms with van der Waals surface area (Å²) in [7, 11) is 0. The van der Waals surface area contributed by atoms with Crippen LogP contribution < -0.4 is 10.1 Å². The van der Waals surface area contributed by atoms with Gasteiger partial charge in [-0.15, -0.1) is 11.3 Å². The summed E-state index contributed by atoms with van der Waals surface area (Å²) in [5, 5.41) is 6.61.